The molecule has 4 N–H and O–H groups in total. The summed E-state index contributed by atoms with van der Waals surface area (Å²) in [4.78, 5) is 29.1. The van der Waals surface area contributed by atoms with Gasteiger partial charge in [-0.2, -0.15) is 0 Å². The highest BCUT2D eigenvalue weighted by Crippen LogP contribution is 2.25. The van der Waals surface area contributed by atoms with Crippen LogP contribution in [0.3, 0.4) is 0 Å². The van der Waals surface area contributed by atoms with E-state index in [1.54, 1.807) is 18.2 Å². The molecule has 1 amide bonds. The van der Waals surface area contributed by atoms with Crippen molar-refractivity contribution in [3.8, 4) is 5.75 Å². The Morgan fingerprint density at radius 2 is 1.97 bits per heavy atom. The van der Waals surface area contributed by atoms with Crippen molar-refractivity contribution in [2.24, 2.45) is 7.05 Å². The van der Waals surface area contributed by atoms with E-state index in [9.17, 15) is 24.2 Å². The molecule has 1 unspecified atom stereocenters. The van der Waals surface area contributed by atoms with E-state index in [2.05, 4.69) is 10.3 Å². The number of nitrogens with one attached hydrogen (secondary N) is 1. The number of aromatic hydroxyl groups is 1. The van der Waals surface area contributed by atoms with Crippen molar-refractivity contribution >= 4 is 16.9 Å². The third kappa shape index (κ3) is 4.25. The van der Waals surface area contributed by atoms with Crippen LogP contribution in [-0.4, -0.2) is 50.0 Å². The largest absolute Gasteiger partial charge is 0.505 e. The van der Waals surface area contributed by atoms with Gasteiger partial charge in [-0.1, -0.05) is 12.1 Å². The minimum absolute atomic E-state index is 0.0720. The van der Waals surface area contributed by atoms with Crippen LogP contribution in [0.5, 0.6) is 5.75 Å². The average molecular weight is 401 g/mol. The van der Waals surface area contributed by atoms with Crippen molar-refractivity contribution < 1.29 is 24.5 Å². The van der Waals surface area contributed by atoms with Gasteiger partial charge >= 0.3 is 0 Å². The summed E-state index contributed by atoms with van der Waals surface area (Å²) in [5.74, 6) is -1.78. The van der Waals surface area contributed by atoms with Crippen molar-refractivity contribution in [3.05, 3.63) is 69.4 Å². The molecule has 29 heavy (non-hydrogen) atoms. The number of aromatic nitrogens is 2. The molecule has 0 aliphatic rings. The molecule has 8 nitrogen and oxygen atoms in total. The lowest BCUT2D eigenvalue weighted by molar-refractivity contribution is 0.0799. The number of aliphatic hydroxyl groups excluding tert-OH is 2. The van der Waals surface area contributed by atoms with Gasteiger partial charge in [-0.15, -0.1) is 0 Å². The van der Waals surface area contributed by atoms with Gasteiger partial charge < -0.3 is 25.2 Å². The van der Waals surface area contributed by atoms with Crippen LogP contribution in [0.4, 0.5) is 4.39 Å². The van der Waals surface area contributed by atoms with E-state index in [-0.39, 0.29) is 17.9 Å². The molecule has 0 saturated carbocycles. The number of hydrogen-bond donors (Lipinski definition) is 4. The summed E-state index contributed by atoms with van der Waals surface area (Å²) in [6, 6.07) is 7.66. The molecule has 0 fully saturated rings. The lowest BCUT2D eigenvalue weighted by Gasteiger charge is -2.13. The number of aryl methyl sites for hydroxylation is 1. The second-order valence-corrected chi connectivity index (χ2v) is 6.65. The fourth-order valence-electron chi connectivity index (χ4n) is 2.93. The molecule has 0 radical (unpaired) electrons. The summed E-state index contributed by atoms with van der Waals surface area (Å²) in [6.45, 7) is -0.833. The topological polar surface area (TPSA) is 125 Å². The lowest BCUT2D eigenvalue weighted by Crippen LogP contribution is -2.37. The third-order valence-electron chi connectivity index (χ3n) is 4.52. The van der Waals surface area contributed by atoms with Crippen molar-refractivity contribution in [2.75, 3.05) is 13.2 Å². The third-order valence-corrected chi connectivity index (χ3v) is 4.52. The number of rotatable bonds is 6. The SMILES string of the molecule is Cn1c(=O)c(C(=O)NCC(O)CO)c(O)c2ncc(Cc3ccc(F)cc3)cc21. The molecule has 9 heteroatoms. The standard InChI is InChI=1S/C20H20FN3O5/c1-24-15-7-12(6-11-2-4-13(21)5-3-11)8-22-17(15)18(27)16(20(24)29)19(28)23-9-14(26)10-25/h2-5,7-8,14,25-27H,6,9-10H2,1H3,(H,23,28). The van der Waals surface area contributed by atoms with Gasteiger partial charge in [-0.3, -0.25) is 14.6 Å². The maximum absolute atomic E-state index is 13.1. The van der Waals surface area contributed by atoms with Crippen LogP contribution in [0.1, 0.15) is 21.5 Å². The van der Waals surface area contributed by atoms with Crippen LogP contribution in [0, 0.1) is 5.82 Å². The Bertz CT molecular complexity index is 1110. The first-order valence-electron chi connectivity index (χ1n) is 8.84. The predicted octanol–water partition coefficient (Wildman–Crippen LogP) is 0.452. The van der Waals surface area contributed by atoms with Gasteiger partial charge in [0, 0.05) is 19.8 Å². The summed E-state index contributed by atoms with van der Waals surface area (Å²) in [5.41, 5.74) is 0.763. The number of fused-ring (bicyclic) bond motifs is 1. The van der Waals surface area contributed by atoms with E-state index >= 15 is 0 Å². The normalized spacial score (nSPS) is 12.1. The predicted molar refractivity (Wildman–Crippen MR) is 103 cm³/mol. The molecule has 3 aromatic rings. The quantitative estimate of drug-likeness (QED) is 0.475. The highest BCUT2D eigenvalue weighted by molar-refractivity contribution is 6.01. The van der Waals surface area contributed by atoms with Gasteiger partial charge in [-0.05, 0) is 35.7 Å². The van der Waals surface area contributed by atoms with E-state index in [1.165, 1.54) is 29.9 Å². The maximum atomic E-state index is 13.1. The van der Waals surface area contributed by atoms with Gasteiger partial charge in [0.05, 0.1) is 18.2 Å². The van der Waals surface area contributed by atoms with Crippen LogP contribution in [-0.2, 0) is 13.5 Å². The summed E-state index contributed by atoms with van der Waals surface area (Å²) >= 11 is 0. The Labute approximate surface area is 164 Å². The number of pyridine rings is 2. The number of carbonyl (C=O) groups is 1. The molecule has 2 heterocycles. The Morgan fingerprint density at radius 3 is 2.62 bits per heavy atom. The minimum Gasteiger partial charge on any atom is -0.505 e. The van der Waals surface area contributed by atoms with E-state index in [0.29, 0.717) is 11.9 Å². The fourth-order valence-corrected chi connectivity index (χ4v) is 2.93. The Kier molecular flexibility index (Phi) is 5.90. The van der Waals surface area contributed by atoms with E-state index in [1.807, 2.05) is 0 Å². The second-order valence-electron chi connectivity index (χ2n) is 6.65. The van der Waals surface area contributed by atoms with Crippen molar-refractivity contribution in [3.63, 3.8) is 0 Å². The Morgan fingerprint density at radius 1 is 1.28 bits per heavy atom. The zero-order chi connectivity index (χ0) is 21.1. The number of halogens is 1. The molecule has 0 bridgehead atoms. The summed E-state index contributed by atoms with van der Waals surface area (Å²) in [7, 11) is 1.45. The zero-order valence-electron chi connectivity index (χ0n) is 15.6. The molecule has 0 saturated heterocycles. The second kappa shape index (κ2) is 8.38. The number of carbonyl (C=O) groups excluding carboxylic acids is 1. The summed E-state index contributed by atoms with van der Waals surface area (Å²) in [6.07, 6.45) is 0.768. The van der Waals surface area contributed by atoms with Crippen molar-refractivity contribution in [1.29, 1.82) is 0 Å². The smallest absolute Gasteiger partial charge is 0.267 e. The molecule has 0 spiro atoms. The summed E-state index contributed by atoms with van der Waals surface area (Å²) in [5, 5.41) is 30.9. The fraction of sp³-hybridized carbons (Fsp3) is 0.250. The first-order chi connectivity index (χ1) is 13.8. The molecule has 3 rings (SSSR count). The monoisotopic (exact) mass is 401 g/mol. The molecular formula is C20H20FN3O5. The highest BCUT2D eigenvalue weighted by atomic mass is 19.1. The number of hydrogen-bond acceptors (Lipinski definition) is 6. The molecule has 1 atom stereocenters. The molecule has 0 aliphatic carbocycles. The Hall–Kier alpha value is -3.30. The van der Waals surface area contributed by atoms with Gasteiger partial charge in [0.2, 0.25) is 0 Å². The van der Waals surface area contributed by atoms with Crippen LogP contribution >= 0.6 is 0 Å². The number of nitrogens with zero attached hydrogens (tertiary/aromatic N) is 2. The van der Waals surface area contributed by atoms with Crippen LogP contribution in [0.25, 0.3) is 11.0 Å². The summed E-state index contributed by atoms with van der Waals surface area (Å²) < 4.78 is 14.3. The molecule has 1 aromatic carbocycles. The maximum Gasteiger partial charge on any atom is 0.267 e. The molecule has 152 valence electrons. The van der Waals surface area contributed by atoms with Crippen molar-refractivity contribution in [1.82, 2.24) is 14.9 Å². The lowest BCUT2D eigenvalue weighted by atomic mass is 10.1. The van der Waals surface area contributed by atoms with Crippen LogP contribution < -0.4 is 10.9 Å². The average Bonchev–Trinajstić information content (AvgIpc) is 2.72. The molecule has 0 aliphatic heterocycles. The first-order valence-corrected chi connectivity index (χ1v) is 8.84. The van der Waals surface area contributed by atoms with E-state index in [4.69, 9.17) is 5.11 Å². The van der Waals surface area contributed by atoms with Gasteiger partial charge in [0.15, 0.2) is 5.75 Å². The van der Waals surface area contributed by atoms with E-state index < -0.39 is 35.5 Å². The molecule has 2 aromatic heterocycles. The number of amides is 1. The number of aliphatic hydroxyl groups is 2. The first kappa shape index (κ1) is 20.4. The minimum atomic E-state index is -1.18. The zero-order valence-corrected chi connectivity index (χ0v) is 15.6. The molecular weight excluding hydrogens is 381 g/mol. The van der Waals surface area contributed by atoms with Crippen molar-refractivity contribution in [2.45, 2.75) is 12.5 Å². The van der Waals surface area contributed by atoms with Gasteiger partial charge in [-0.25, -0.2) is 4.39 Å². The number of benzene rings is 1. The highest BCUT2D eigenvalue weighted by Gasteiger charge is 2.22. The van der Waals surface area contributed by atoms with Gasteiger partial charge in [0.1, 0.15) is 16.9 Å². The van der Waals surface area contributed by atoms with Crippen LogP contribution in [0.2, 0.25) is 0 Å². The van der Waals surface area contributed by atoms with Crippen LogP contribution in [0.15, 0.2) is 41.3 Å². The Balaban J connectivity index is 1.98. The van der Waals surface area contributed by atoms with E-state index in [0.717, 1.165) is 11.1 Å². The van der Waals surface area contributed by atoms with Gasteiger partial charge in [0.25, 0.3) is 11.5 Å².